The first-order valence-electron chi connectivity index (χ1n) is 8.37. The molecule has 0 N–H and O–H groups in total. The van der Waals surface area contributed by atoms with Gasteiger partial charge in [0.15, 0.2) is 0 Å². The standard InChI is InChI=1S/C17H30O4/c1-4-20-16(18)14-9-7-10-15(12-14)17(19)21-11-6-5-8-13(2)3/h13-15H,4-12H2,1-3H3. The van der Waals surface area contributed by atoms with E-state index in [0.29, 0.717) is 25.6 Å². The Morgan fingerprint density at radius 3 is 2.24 bits per heavy atom. The highest BCUT2D eigenvalue weighted by Gasteiger charge is 2.32. The molecule has 0 aromatic carbocycles. The maximum Gasteiger partial charge on any atom is 0.308 e. The van der Waals surface area contributed by atoms with Crippen LogP contribution in [-0.2, 0) is 19.1 Å². The highest BCUT2D eigenvalue weighted by Crippen LogP contribution is 2.30. The first-order valence-corrected chi connectivity index (χ1v) is 8.37. The molecule has 0 spiro atoms. The van der Waals surface area contributed by atoms with Gasteiger partial charge in [0, 0.05) is 0 Å². The molecule has 0 aliphatic heterocycles. The molecule has 2 unspecified atom stereocenters. The number of unbranched alkanes of at least 4 members (excludes halogenated alkanes) is 1. The van der Waals surface area contributed by atoms with Crippen LogP contribution in [0, 0.1) is 17.8 Å². The Morgan fingerprint density at radius 1 is 1.05 bits per heavy atom. The van der Waals surface area contributed by atoms with Crippen molar-refractivity contribution in [3.63, 3.8) is 0 Å². The van der Waals surface area contributed by atoms with Crippen LogP contribution in [0.3, 0.4) is 0 Å². The second-order valence-corrected chi connectivity index (χ2v) is 6.37. The number of esters is 2. The number of ether oxygens (including phenoxy) is 2. The lowest BCUT2D eigenvalue weighted by Gasteiger charge is -2.26. The zero-order valence-electron chi connectivity index (χ0n) is 13.7. The van der Waals surface area contributed by atoms with Gasteiger partial charge in [-0.05, 0) is 44.9 Å². The fraction of sp³-hybridized carbons (Fsp3) is 0.882. The monoisotopic (exact) mass is 298 g/mol. The summed E-state index contributed by atoms with van der Waals surface area (Å²) in [5.74, 6) is 0.153. The molecule has 1 rings (SSSR count). The van der Waals surface area contributed by atoms with Crippen LogP contribution in [0.1, 0.15) is 65.7 Å². The predicted molar refractivity (Wildman–Crippen MR) is 81.7 cm³/mol. The zero-order chi connectivity index (χ0) is 15.7. The van der Waals surface area contributed by atoms with E-state index in [0.717, 1.165) is 32.1 Å². The molecule has 1 fully saturated rings. The second-order valence-electron chi connectivity index (χ2n) is 6.37. The van der Waals surface area contributed by atoms with Gasteiger partial charge in [0.05, 0.1) is 25.0 Å². The van der Waals surface area contributed by atoms with Crippen molar-refractivity contribution in [2.75, 3.05) is 13.2 Å². The zero-order valence-corrected chi connectivity index (χ0v) is 13.7. The minimum atomic E-state index is -0.160. The molecule has 0 saturated heterocycles. The van der Waals surface area contributed by atoms with Crippen molar-refractivity contribution in [3.05, 3.63) is 0 Å². The van der Waals surface area contributed by atoms with Gasteiger partial charge in [-0.25, -0.2) is 0 Å². The first kappa shape index (κ1) is 18.0. The molecular weight excluding hydrogens is 268 g/mol. The normalized spacial score (nSPS) is 22.1. The van der Waals surface area contributed by atoms with E-state index in [1.165, 1.54) is 6.42 Å². The van der Waals surface area contributed by atoms with E-state index in [9.17, 15) is 9.59 Å². The Kier molecular flexibility index (Phi) is 8.40. The van der Waals surface area contributed by atoms with E-state index >= 15 is 0 Å². The molecule has 21 heavy (non-hydrogen) atoms. The minimum Gasteiger partial charge on any atom is -0.466 e. The summed E-state index contributed by atoms with van der Waals surface area (Å²) in [4.78, 5) is 23.8. The van der Waals surface area contributed by atoms with Gasteiger partial charge in [-0.3, -0.25) is 9.59 Å². The molecule has 2 atom stereocenters. The molecule has 0 heterocycles. The van der Waals surface area contributed by atoms with Crippen molar-refractivity contribution in [1.82, 2.24) is 0 Å². The number of rotatable bonds is 8. The van der Waals surface area contributed by atoms with E-state index in [2.05, 4.69) is 13.8 Å². The van der Waals surface area contributed by atoms with Gasteiger partial charge in [-0.1, -0.05) is 26.7 Å². The summed E-state index contributed by atoms with van der Waals surface area (Å²) in [6, 6.07) is 0. The maximum atomic E-state index is 12.0. The lowest BCUT2D eigenvalue weighted by Crippen LogP contribution is -2.29. The van der Waals surface area contributed by atoms with Crippen molar-refractivity contribution in [1.29, 1.82) is 0 Å². The van der Waals surface area contributed by atoms with Gasteiger partial charge in [-0.2, -0.15) is 0 Å². The van der Waals surface area contributed by atoms with Gasteiger partial charge in [0.2, 0.25) is 0 Å². The van der Waals surface area contributed by atoms with Crippen LogP contribution >= 0.6 is 0 Å². The number of hydrogen-bond acceptors (Lipinski definition) is 4. The van der Waals surface area contributed by atoms with E-state index in [4.69, 9.17) is 9.47 Å². The molecule has 0 aromatic heterocycles. The van der Waals surface area contributed by atoms with E-state index in [-0.39, 0.29) is 23.8 Å². The average molecular weight is 298 g/mol. The van der Waals surface area contributed by atoms with Gasteiger partial charge in [-0.15, -0.1) is 0 Å². The van der Waals surface area contributed by atoms with E-state index in [1.807, 2.05) is 6.92 Å². The molecule has 1 aliphatic carbocycles. The first-order chi connectivity index (χ1) is 10.0. The van der Waals surface area contributed by atoms with Crippen LogP contribution in [0.15, 0.2) is 0 Å². The van der Waals surface area contributed by atoms with Crippen molar-refractivity contribution >= 4 is 11.9 Å². The highest BCUT2D eigenvalue weighted by molar-refractivity contribution is 5.76. The predicted octanol–water partition coefficient (Wildman–Crippen LogP) is 3.73. The fourth-order valence-electron chi connectivity index (χ4n) is 2.82. The molecule has 4 nitrogen and oxygen atoms in total. The highest BCUT2D eigenvalue weighted by atomic mass is 16.5. The fourth-order valence-corrected chi connectivity index (χ4v) is 2.82. The average Bonchev–Trinajstić information content (AvgIpc) is 2.46. The molecule has 1 saturated carbocycles. The topological polar surface area (TPSA) is 52.6 Å². The summed E-state index contributed by atoms with van der Waals surface area (Å²) < 4.78 is 10.4. The summed E-state index contributed by atoms with van der Waals surface area (Å²) in [5.41, 5.74) is 0. The second kappa shape index (κ2) is 9.80. The minimum absolute atomic E-state index is 0.127. The molecule has 1 aliphatic rings. The third-order valence-electron chi connectivity index (χ3n) is 4.05. The molecular formula is C17H30O4. The van der Waals surface area contributed by atoms with E-state index in [1.54, 1.807) is 0 Å². The van der Waals surface area contributed by atoms with Gasteiger partial charge < -0.3 is 9.47 Å². The quantitative estimate of drug-likeness (QED) is 0.506. The van der Waals surface area contributed by atoms with Crippen molar-refractivity contribution in [3.8, 4) is 0 Å². The molecule has 4 heteroatoms. The molecule has 0 radical (unpaired) electrons. The summed E-state index contributed by atoms with van der Waals surface area (Å²) >= 11 is 0. The summed E-state index contributed by atoms with van der Waals surface area (Å²) in [7, 11) is 0. The molecule has 0 bridgehead atoms. The Labute approximate surface area is 128 Å². The summed E-state index contributed by atoms with van der Waals surface area (Å²) in [5, 5.41) is 0. The Bertz CT molecular complexity index is 325. The maximum absolute atomic E-state index is 12.0. The number of carbonyl (C=O) groups is 2. The lowest BCUT2D eigenvalue weighted by atomic mass is 9.81. The van der Waals surface area contributed by atoms with Crippen LogP contribution in [0.4, 0.5) is 0 Å². The number of carbonyl (C=O) groups excluding carboxylic acids is 2. The lowest BCUT2D eigenvalue weighted by molar-refractivity contribution is -0.154. The largest absolute Gasteiger partial charge is 0.466 e. The third kappa shape index (κ3) is 6.96. The summed E-state index contributed by atoms with van der Waals surface area (Å²) in [6.45, 7) is 7.11. The van der Waals surface area contributed by atoms with Gasteiger partial charge >= 0.3 is 11.9 Å². The van der Waals surface area contributed by atoms with Crippen LogP contribution in [-0.4, -0.2) is 25.2 Å². The van der Waals surface area contributed by atoms with Crippen LogP contribution in [0.2, 0.25) is 0 Å². The van der Waals surface area contributed by atoms with Crippen molar-refractivity contribution < 1.29 is 19.1 Å². The third-order valence-corrected chi connectivity index (χ3v) is 4.05. The smallest absolute Gasteiger partial charge is 0.308 e. The van der Waals surface area contributed by atoms with E-state index < -0.39 is 0 Å². The van der Waals surface area contributed by atoms with Gasteiger partial charge in [0.1, 0.15) is 0 Å². The van der Waals surface area contributed by atoms with Gasteiger partial charge in [0.25, 0.3) is 0 Å². The van der Waals surface area contributed by atoms with Crippen LogP contribution in [0.25, 0.3) is 0 Å². The van der Waals surface area contributed by atoms with Crippen LogP contribution in [0.5, 0.6) is 0 Å². The molecule has 0 aromatic rings. The summed E-state index contributed by atoms with van der Waals surface area (Å²) in [6.07, 6.45) is 6.35. The molecule has 0 amide bonds. The van der Waals surface area contributed by atoms with Crippen molar-refractivity contribution in [2.24, 2.45) is 17.8 Å². The van der Waals surface area contributed by atoms with Crippen molar-refractivity contribution in [2.45, 2.75) is 65.7 Å². The molecule has 122 valence electrons. The Morgan fingerprint density at radius 2 is 1.67 bits per heavy atom. The SMILES string of the molecule is CCOC(=O)C1CCCC(C(=O)OCCCCC(C)C)C1. The van der Waals surface area contributed by atoms with Crippen LogP contribution < -0.4 is 0 Å². The Balaban J connectivity index is 2.25. The Hall–Kier alpha value is -1.06. The number of hydrogen-bond donors (Lipinski definition) is 0.